The highest BCUT2D eigenvalue weighted by atomic mass is 16.6. The van der Waals surface area contributed by atoms with Gasteiger partial charge in [0, 0.05) is 12.1 Å². The molecule has 27 heavy (non-hydrogen) atoms. The molecule has 1 aliphatic heterocycles. The lowest BCUT2D eigenvalue weighted by Crippen LogP contribution is -2.23. The van der Waals surface area contributed by atoms with Crippen LogP contribution in [0.3, 0.4) is 0 Å². The van der Waals surface area contributed by atoms with Gasteiger partial charge in [0.25, 0.3) is 0 Å². The third-order valence-corrected chi connectivity index (χ3v) is 4.48. The summed E-state index contributed by atoms with van der Waals surface area (Å²) in [6, 6.07) is 9.36. The molecule has 7 heteroatoms. The number of cyclic esters (lactones) is 1. The van der Waals surface area contributed by atoms with E-state index in [1.807, 2.05) is 24.3 Å². The van der Waals surface area contributed by atoms with Gasteiger partial charge in [-0.05, 0) is 36.2 Å². The van der Waals surface area contributed by atoms with Crippen LogP contribution in [0.25, 0.3) is 0 Å². The first-order chi connectivity index (χ1) is 13.1. The maximum atomic E-state index is 12.3. The Balaban J connectivity index is 1.70. The minimum Gasteiger partial charge on any atom is -0.493 e. The molecule has 0 saturated carbocycles. The molecule has 0 amide bonds. The van der Waals surface area contributed by atoms with Crippen molar-refractivity contribution >= 4 is 5.97 Å². The van der Waals surface area contributed by atoms with E-state index in [-0.39, 0.29) is 0 Å². The number of carbonyl (C=O) groups is 1. The van der Waals surface area contributed by atoms with E-state index in [0.717, 1.165) is 17.5 Å². The van der Waals surface area contributed by atoms with E-state index in [2.05, 4.69) is 5.32 Å². The van der Waals surface area contributed by atoms with Crippen molar-refractivity contribution in [3.8, 4) is 23.0 Å². The van der Waals surface area contributed by atoms with E-state index in [1.165, 1.54) is 14.2 Å². The Kier molecular flexibility index (Phi) is 5.71. The smallest absolute Gasteiger partial charge is 0.344 e. The van der Waals surface area contributed by atoms with Crippen molar-refractivity contribution < 1.29 is 28.5 Å². The van der Waals surface area contributed by atoms with E-state index in [0.29, 0.717) is 35.1 Å². The summed E-state index contributed by atoms with van der Waals surface area (Å²) in [6.07, 6.45) is 0.212. The number of carbonyl (C=O) groups excluding carboxylic acids is 1. The van der Waals surface area contributed by atoms with Gasteiger partial charge >= 0.3 is 5.97 Å². The van der Waals surface area contributed by atoms with Crippen LogP contribution in [0, 0.1) is 0 Å². The van der Waals surface area contributed by atoms with Crippen LogP contribution < -0.4 is 24.3 Å². The minimum absolute atomic E-state index is 0.393. The maximum absolute atomic E-state index is 12.3. The summed E-state index contributed by atoms with van der Waals surface area (Å²) in [4.78, 5) is 12.3. The Bertz CT molecular complexity index is 835. The number of hydrogen-bond acceptors (Lipinski definition) is 7. The number of hydrogen-bond donors (Lipinski definition) is 1. The molecular weight excluding hydrogens is 350 g/mol. The predicted molar refractivity (Wildman–Crippen MR) is 99.0 cm³/mol. The molecule has 1 aliphatic rings. The molecule has 0 aliphatic carbocycles. The van der Waals surface area contributed by atoms with Crippen LogP contribution in [0.2, 0.25) is 0 Å². The number of benzene rings is 2. The molecule has 3 rings (SSSR count). The van der Waals surface area contributed by atoms with Crippen molar-refractivity contribution in [2.24, 2.45) is 0 Å². The second-order valence-corrected chi connectivity index (χ2v) is 5.94. The van der Waals surface area contributed by atoms with Gasteiger partial charge in [-0.3, -0.25) is 5.32 Å². The fourth-order valence-corrected chi connectivity index (χ4v) is 3.14. The number of methoxy groups -OCH3 is 4. The van der Waals surface area contributed by atoms with E-state index < -0.39 is 12.2 Å². The molecule has 0 saturated heterocycles. The van der Waals surface area contributed by atoms with Gasteiger partial charge in [0.05, 0.1) is 28.4 Å². The molecule has 0 spiro atoms. The number of esters is 1. The molecule has 7 nitrogen and oxygen atoms in total. The van der Waals surface area contributed by atoms with Gasteiger partial charge < -0.3 is 23.7 Å². The molecule has 1 N–H and O–H groups in total. The van der Waals surface area contributed by atoms with E-state index in [9.17, 15) is 4.79 Å². The second-order valence-electron chi connectivity index (χ2n) is 5.94. The molecule has 0 unspecified atom stereocenters. The van der Waals surface area contributed by atoms with Crippen molar-refractivity contribution in [1.82, 2.24) is 5.32 Å². The Morgan fingerprint density at radius 2 is 1.63 bits per heavy atom. The number of rotatable bonds is 8. The van der Waals surface area contributed by atoms with Crippen molar-refractivity contribution in [1.29, 1.82) is 0 Å². The van der Waals surface area contributed by atoms with E-state index in [4.69, 9.17) is 23.7 Å². The van der Waals surface area contributed by atoms with Crippen LogP contribution in [0.15, 0.2) is 30.3 Å². The van der Waals surface area contributed by atoms with E-state index in [1.54, 1.807) is 20.3 Å². The molecule has 0 bridgehead atoms. The molecule has 1 atom stereocenters. The van der Waals surface area contributed by atoms with Gasteiger partial charge in [0.15, 0.2) is 29.2 Å². The molecule has 0 aromatic heterocycles. The monoisotopic (exact) mass is 373 g/mol. The fraction of sp³-hybridized carbons (Fsp3) is 0.350. The average molecular weight is 373 g/mol. The highest BCUT2D eigenvalue weighted by molar-refractivity contribution is 5.98. The zero-order valence-electron chi connectivity index (χ0n) is 15.8. The molecule has 2 aromatic carbocycles. The van der Waals surface area contributed by atoms with Gasteiger partial charge in [-0.2, -0.15) is 0 Å². The topological polar surface area (TPSA) is 75.3 Å². The number of ether oxygens (including phenoxy) is 5. The third kappa shape index (κ3) is 3.64. The summed E-state index contributed by atoms with van der Waals surface area (Å²) in [5.74, 6) is 1.84. The third-order valence-electron chi connectivity index (χ3n) is 4.48. The average Bonchev–Trinajstić information content (AvgIpc) is 3.02. The zero-order valence-corrected chi connectivity index (χ0v) is 15.8. The van der Waals surface area contributed by atoms with Crippen LogP contribution in [0.5, 0.6) is 23.0 Å². The lowest BCUT2D eigenvalue weighted by atomic mass is 10.1. The fourth-order valence-electron chi connectivity index (χ4n) is 3.14. The molecule has 0 fully saturated rings. The summed E-state index contributed by atoms with van der Waals surface area (Å²) in [5, 5.41) is 3.26. The van der Waals surface area contributed by atoms with Crippen LogP contribution in [0.1, 0.15) is 27.7 Å². The molecule has 0 radical (unpaired) electrons. The molecule has 2 aromatic rings. The first-order valence-electron chi connectivity index (χ1n) is 8.53. The SMILES string of the molecule is COc1ccc(CCN[C@@H]2OC(=O)c3c2ccc(OC)c3OC)cc1OC. The van der Waals surface area contributed by atoms with Crippen LogP contribution in [-0.4, -0.2) is 41.0 Å². The Hall–Kier alpha value is -2.93. The number of nitrogens with one attached hydrogen (secondary N) is 1. The van der Waals surface area contributed by atoms with Crippen LogP contribution in [-0.2, 0) is 11.2 Å². The highest BCUT2D eigenvalue weighted by Gasteiger charge is 2.35. The normalized spacial score (nSPS) is 15.1. The first kappa shape index (κ1) is 18.8. The summed E-state index contributed by atoms with van der Waals surface area (Å²) in [6.45, 7) is 0.612. The standard InChI is InChI=1S/C20H23NO6/c1-23-14-7-5-12(11-16(14)25-3)9-10-21-19-13-6-8-15(24-2)18(26-4)17(13)20(22)27-19/h5-8,11,19,21H,9-10H2,1-4H3/t19-/m1/s1. The molecular formula is C20H23NO6. The van der Waals surface area contributed by atoms with Crippen molar-refractivity contribution in [3.05, 3.63) is 47.0 Å². The quantitative estimate of drug-likeness (QED) is 0.713. The summed E-state index contributed by atoms with van der Waals surface area (Å²) in [7, 11) is 6.25. The lowest BCUT2D eigenvalue weighted by Gasteiger charge is -2.14. The van der Waals surface area contributed by atoms with Gasteiger partial charge in [-0.1, -0.05) is 6.07 Å². The van der Waals surface area contributed by atoms with E-state index >= 15 is 0 Å². The minimum atomic E-state index is -0.521. The predicted octanol–water partition coefficient (Wildman–Crippen LogP) is 2.72. The Labute approximate surface area is 158 Å². The van der Waals surface area contributed by atoms with Crippen molar-refractivity contribution in [3.63, 3.8) is 0 Å². The van der Waals surface area contributed by atoms with Gasteiger partial charge in [0.1, 0.15) is 5.56 Å². The summed E-state index contributed by atoms with van der Waals surface area (Å²) < 4.78 is 26.6. The maximum Gasteiger partial charge on any atom is 0.344 e. The van der Waals surface area contributed by atoms with Gasteiger partial charge in [-0.25, -0.2) is 4.79 Å². The second kappa shape index (κ2) is 8.18. The molecule has 144 valence electrons. The van der Waals surface area contributed by atoms with Crippen LogP contribution >= 0.6 is 0 Å². The highest BCUT2D eigenvalue weighted by Crippen LogP contribution is 2.40. The number of fused-ring (bicyclic) bond motifs is 1. The Morgan fingerprint density at radius 3 is 2.30 bits per heavy atom. The summed E-state index contributed by atoms with van der Waals surface area (Å²) >= 11 is 0. The summed E-state index contributed by atoms with van der Waals surface area (Å²) in [5.41, 5.74) is 2.22. The largest absolute Gasteiger partial charge is 0.493 e. The lowest BCUT2D eigenvalue weighted by molar-refractivity contribution is 0.0309. The van der Waals surface area contributed by atoms with Gasteiger partial charge in [-0.15, -0.1) is 0 Å². The van der Waals surface area contributed by atoms with Crippen molar-refractivity contribution in [2.45, 2.75) is 12.6 Å². The first-order valence-corrected chi connectivity index (χ1v) is 8.53. The zero-order chi connectivity index (χ0) is 19.4. The Morgan fingerprint density at radius 1 is 0.926 bits per heavy atom. The van der Waals surface area contributed by atoms with Gasteiger partial charge in [0.2, 0.25) is 0 Å². The van der Waals surface area contributed by atoms with Crippen LogP contribution in [0.4, 0.5) is 0 Å². The van der Waals surface area contributed by atoms with Crippen molar-refractivity contribution in [2.75, 3.05) is 35.0 Å². The molecule has 1 heterocycles.